The monoisotopic (exact) mass is 305 g/mol. The molecule has 1 saturated heterocycles. The maximum Gasteiger partial charge on any atom is 0.256 e. The van der Waals surface area contributed by atoms with E-state index in [1.54, 1.807) is 12.1 Å². The van der Waals surface area contributed by atoms with E-state index >= 15 is 0 Å². The molecule has 6 heteroatoms. The van der Waals surface area contributed by atoms with Crippen molar-refractivity contribution in [3.05, 3.63) is 23.8 Å². The van der Waals surface area contributed by atoms with Gasteiger partial charge in [0.25, 0.3) is 5.91 Å². The Bertz CT molecular complexity index is 552. The van der Waals surface area contributed by atoms with E-state index in [2.05, 4.69) is 5.32 Å². The van der Waals surface area contributed by atoms with Crippen molar-refractivity contribution in [3.63, 3.8) is 0 Å². The van der Waals surface area contributed by atoms with E-state index < -0.39 is 0 Å². The number of carbonyl (C=O) groups is 2. The first-order chi connectivity index (χ1) is 10.5. The minimum absolute atomic E-state index is 0.00909. The second kappa shape index (κ2) is 7.26. The van der Waals surface area contributed by atoms with Crippen LogP contribution >= 0.6 is 0 Å². The molecule has 1 fully saturated rings. The van der Waals surface area contributed by atoms with Gasteiger partial charge in [-0.05, 0) is 31.0 Å². The summed E-state index contributed by atoms with van der Waals surface area (Å²) < 4.78 is 4.80. The first kappa shape index (κ1) is 16.3. The molecule has 2 amide bonds. The van der Waals surface area contributed by atoms with Crippen LogP contribution in [0.1, 0.15) is 23.2 Å². The van der Waals surface area contributed by atoms with Crippen molar-refractivity contribution in [3.8, 4) is 0 Å². The van der Waals surface area contributed by atoms with Gasteiger partial charge in [0, 0.05) is 45.7 Å². The summed E-state index contributed by atoms with van der Waals surface area (Å²) in [6, 6.07) is 5.39. The van der Waals surface area contributed by atoms with Gasteiger partial charge in [0.05, 0.1) is 5.56 Å². The second-order valence-corrected chi connectivity index (χ2v) is 5.61. The lowest BCUT2D eigenvalue weighted by Gasteiger charge is -2.22. The number of hydrogen-bond acceptors (Lipinski definition) is 4. The van der Waals surface area contributed by atoms with Gasteiger partial charge in [-0.1, -0.05) is 0 Å². The van der Waals surface area contributed by atoms with Gasteiger partial charge in [0.15, 0.2) is 0 Å². The van der Waals surface area contributed by atoms with Gasteiger partial charge in [-0.15, -0.1) is 0 Å². The Morgan fingerprint density at radius 1 is 1.27 bits per heavy atom. The van der Waals surface area contributed by atoms with Crippen LogP contribution in [0.3, 0.4) is 0 Å². The molecule has 0 atom stereocenters. The van der Waals surface area contributed by atoms with E-state index in [0.29, 0.717) is 11.3 Å². The zero-order valence-electron chi connectivity index (χ0n) is 13.4. The zero-order valence-corrected chi connectivity index (χ0v) is 13.4. The molecule has 120 valence electrons. The quantitative estimate of drug-likeness (QED) is 0.897. The van der Waals surface area contributed by atoms with Crippen LogP contribution in [-0.2, 0) is 9.53 Å². The first-order valence-corrected chi connectivity index (χ1v) is 7.42. The van der Waals surface area contributed by atoms with Gasteiger partial charge in [-0.3, -0.25) is 9.59 Å². The molecular weight excluding hydrogens is 282 g/mol. The summed E-state index contributed by atoms with van der Waals surface area (Å²) in [5, 5.41) is 2.74. The van der Waals surface area contributed by atoms with Crippen molar-refractivity contribution < 1.29 is 14.3 Å². The van der Waals surface area contributed by atoms with Gasteiger partial charge < -0.3 is 19.9 Å². The lowest BCUT2D eigenvalue weighted by Crippen LogP contribution is -2.29. The summed E-state index contributed by atoms with van der Waals surface area (Å²) in [5.41, 5.74) is 2.07. The number of ether oxygens (including phenoxy) is 1. The molecular formula is C16H23N3O3. The molecule has 1 aromatic carbocycles. The van der Waals surface area contributed by atoms with Gasteiger partial charge in [0.1, 0.15) is 6.61 Å². The molecule has 0 radical (unpaired) electrons. The second-order valence-electron chi connectivity index (χ2n) is 5.61. The summed E-state index contributed by atoms with van der Waals surface area (Å²) in [6.07, 6.45) is 2.10. The number of nitrogens with one attached hydrogen (secondary N) is 1. The molecule has 2 rings (SSSR count). The van der Waals surface area contributed by atoms with E-state index in [1.807, 2.05) is 30.0 Å². The predicted molar refractivity (Wildman–Crippen MR) is 86.4 cm³/mol. The average molecular weight is 305 g/mol. The Labute approximate surface area is 131 Å². The molecule has 1 N–H and O–H groups in total. The minimum atomic E-state index is -0.236. The fourth-order valence-electron chi connectivity index (χ4n) is 2.59. The molecule has 6 nitrogen and oxygen atoms in total. The maximum absolute atomic E-state index is 12.7. The fourth-order valence-corrected chi connectivity index (χ4v) is 2.59. The number of methoxy groups -OCH3 is 1. The highest BCUT2D eigenvalue weighted by Crippen LogP contribution is 2.25. The third-order valence-corrected chi connectivity index (χ3v) is 3.66. The summed E-state index contributed by atoms with van der Waals surface area (Å²) in [5.74, 6) is -0.219. The molecule has 1 aromatic rings. The van der Waals surface area contributed by atoms with Crippen LogP contribution in [-0.4, -0.2) is 57.6 Å². The van der Waals surface area contributed by atoms with Crippen molar-refractivity contribution in [1.29, 1.82) is 0 Å². The highest BCUT2D eigenvalue weighted by molar-refractivity contribution is 6.02. The molecule has 1 heterocycles. The number of likely N-dealkylation sites (tertiary alicyclic amines) is 1. The summed E-state index contributed by atoms with van der Waals surface area (Å²) >= 11 is 0. The van der Waals surface area contributed by atoms with Gasteiger partial charge in [-0.25, -0.2) is 0 Å². The number of amides is 2. The van der Waals surface area contributed by atoms with E-state index in [-0.39, 0.29) is 18.4 Å². The van der Waals surface area contributed by atoms with E-state index in [4.69, 9.17) is 4.74 Å². The van der Waals surface area contributed by atoms with Gasteiger partial charge >= 0.3 is 0 Å². The van der Waals surface area contributed by atoms with Crippen LogP contribution in [0.5, 0.6) is 0 Å². The highest BCUT2D eigenvalue weighted by Gasteiger charge is 2.23. The van der Waals surface area contributed by atoms with Crippen molar-refractivity contribution in [2.45, 2.75) is 12.8 Å². The molecule has 0 bridgehead atoms. The number of carbonyl (C=O) groups excluding carboxylic acids is 2. The molecule has 0 spiro atoms. The third-order valence-electron chi connectivity index (χ3n) is 3.66. The van der Waals surface area contributed by atoms with Crippen LogP contribution in [0.4, 0.5) is 11.4 Å². The number of benzene rings is 1. The van der Waals surface area contributed by atoms with E-state index in [0.717, 1.165) is 31.6 Å². The lowest BCUT2D eigenvalue weighted by molar-refractivity contribution is -0.119. The van der Waals surface area contributed by atoms with Crippen molar-refractivity contribution in [1.82, 2.24) is 4.90 Å². The first-order valence-electron chi connectivity index (χ1n) is 7.42. The Morgan fingerprint density at radius 3 is 2.55 bits per heavy atom. The Hall–Kier alpha value is -2.08. The summed E-state index contributed by atoms with van der Waals surface area (Å²) in [6.45, 7) is 1.59. The number of nitrogens with zero attached hydrogens (tertiary/aromatic N) is 2. The largest absolute Gasteiger partial charge is 0.377 e. The van der Waals surface area contributed by atoms with Gasteiger partial charge in [0.2, 0.25) is 5.91 Å². The summed E-state index contributed by atoms with van der Waals surface area (Å²) in [4.78, 5) is 28.1. The molecule has 0 aromatic heterocycles. The molecule has 0 saturated carbocycles. The number of anilines is 2. The fraction of sp³-hybridized carbons (Fsp3) is 0.500. The average Bonchev–Trinajstić information content (AvgIpc) is 3.00. The third kappa shape index (κ3) is 3.76. The Kier molecular flexibility index (Phi) is 5.38. The molecule has 1 aliphatic rings. The standard InChI is InChI=1S/C16H23N3O3/c1-18(2)14-7-6-12(17-15(20)11-22-3)10-13(14)16(21)19-8-4-5-9-19/h6-7,10H,4-5,8-9,11H2,1-3H3,(H,17,20). The maximum atomic E-state index is 12.7. The normalized spacial score (nSPS) is 14.0. The lowest BCUT2D eigenvalue weighted by atomic mass is 10.1. The van der Waals surface area contributed by atoms with Crippen molar-refractivity contribution in [2.24, 2.45) is 0 Å². The number of hydrogen-bond donors (Lipinski definition) is 1. The van der Waals surface area contributed by atoms with Crippen LogP contribution in [0, 0.1) is 0 Å². The smallest absolute Gasteiger partial charge is 0.256 e. The van der Waals surface area contributed by atoms with E-state index in [9.17, 15) is 9.59 Å². The highest BCUT2D eigenvalue weighted by atomic mass is 16.5. The predicted octanol–water partition coefficient (Wildman–Crippen LogP) is 1.57. The molecule has 0 aliphatic carbocycles. The van der Waals surface area contributed by atoms with Crippen LogP contribution in [0.15, 0.2) is 18.2 Å². The topological polar surface area (TPSA) is 61.9 Å². The summed E-state index contributed by atoms with van der Waals surface area (Å²) in [7, 11) is 5.27. The van der Waals surface area contributed by atoms with Crippen molar-refractivity contribution >= 4 is 23.2 Å². The molecule has 1 aliphatic heterocycles. The van der Waals surface area contributed by atoms with Crippen LogP contribution in [0.2, 0.25) is 0 Å². The SMILES string of the molecule is COCC(=O)Nc1ccc(N(C)C)c(C(=O)N2CCCC2)c1. The van der Waals surface area contributed by atoms with E-state index in [1.165, 1.54) is 7.11 Å². The Morgan fingerprint density at radius 2 is 1.95 bits per heavy atom. The van der Waals surface area contributed by atoms with Crippen LogP contribution < -0.4 is 10.2 Å². The molecule has 22 heavy (non-hydrogen) atoms. The minimum Gasteiger partial charge on any atom is -0.377 e. The Balaban J connectivity index is 2.27. The molecule has 0 unspecified atom stereocenters. The van der Waals surface area contributed by atoms with Gasteiger partial charge in [-0.2, -0.15) is 0 Å². The van der Waals surface area contributed by atoms with Crippen LogP contribution in [0.25, 0.3) is 0 Å². The number of rotatable bonds is 5. The zero-order chi connectivity index (χ0) is 16.1. The van der Waals surface area contributed by atoms with Crippen molar-refractivity contribution in [2.75, 3.05) is 51.1 Å².